The van der Waals surface area contributed by atoms with E-state index in [1.807, 2.05) is 0 Å². The maximum absolute atomic E-state index is 5.00. The molecule has 1 fully saturated rings. The summed E-state index contributed by atoms with van der Waals surface area (Å²) in [4.78, 5) is 8.03. The molecule has 2 rings (SSSR count). The second-order valence-electron chi connectivity index (χ2n) is 3.60. The van der Waals surface area contributed by atoms with E-state index < -0.39 is 0 Å². The molecule has 0 spiro atoms. The molecule has 2 N–H and O–H groups in total. The smallest absolute Gasteiger partial charge is 0.218 e. The summed E-state index contributed by atoms with van der Waals surface area (Å²) >= 11 is 0. The van der Waals surface area contributed by atoms with Crippen LogP contribution in [0.3, 0.4) is 0 Å². The number of nitrogens with one attached hydrogen (secondary N) is 2. The van der Waals surface area contributed by atoms with Crippen molar-refractivity contribution in [3.63, 3.8) is 0 Å². The van der Waals surface area contributed by atoms with Crippen molar-refractivity contribution < 1.29 is 4.74 Å². The predicted molar refractivity (Wildman–Crippen MR) is 58.1 cm³/mol. The van der Waals surface area contributed by atoms with Crippen molar-refractivity contribution in [2.75, 3.05) is 25.5 Å². The van der Waals surface area contributed by atoms with Crippen molar-refractivity contribution in [2.45, 2.75) is 18.9 Å². The molecule has 0 unspecified atom stereocenters. The molecular formula is C10H16N4O. The van der Waals surface area contributed by atoms with Crippen LogP contribution in [0.1, 0.15) is 12.8 Å². The quantitative estimate of drug-likeness (QED) is 0.672. The predicted octanol–water partition coefficient (Wildman–Crippen LogP) is 0.649. The first-order valence-electron chi connectivity index (χ1n) is 5.22. The van der Waals surface area contributed by atoms with Crippen molar-refractivity contribution in [3.8, 4) is 5.88 Å². The largest absolute Gasteiger partial charge is 0.481 e. The van der Waals surface area contributed by atoms with Gasteiger partial charge in [0.15, 0.2) is 0 Å². The lowest BCUT2D eigenvalue weighted by Gasteiger charge is -2.06. The van der Waals surface area contributed by atoms with Crippen LogP contribution < -0.4 is 15.4 Å². The lowest BCUT2D eigenvalue weighted by Crippen LogP contribution is -2.24. The second-order valence-corrected chi connectivity index (χ2v) is 3.60. The Labute approximate surface area is 89.3 Å². The molecule has 0 radical (unpaired) electrons. The van der Waals surface area contributed by atoms with Gasteiger partial charge < -0.3 is 15.4 Å². The second kappa shape index (κ2) is 4.93. The number of aromatic nitrogens is 2. The summed E-state index contributed by atoms with van der Waals surface area (Å²) in [6.45, 7) is 1.84. The third-order valence-corrected chi connectivity index (χ3v) is 2.29. The lowest BCUT2D eigenvalue weighted by molar-refractivity contribution is 0.397. The van der Waals surface area contributed by atoms with E-state index in [-0.39, 0.29) is 0 Å². The van der Waals surface area contributed by atoms with Crippen LogP contribution in [0.4, 0.5) is 5.82 Å². The summed E-state index contributed by atoms with van der Waals surface area (Å²) in [7, 11) is 1.60. The summed E-state index contributed by atoms with van der Waals surface area (Å²) in [6.07, 6.45) is 4.14. The van der Waals surface area contributed by atoms with Crippen LogP contribution in [-0.4, -0.2) is 36.2 Å². The highest BCUT2D eigenvalue weighted by molar-refractivity contribution is 5.36. The maximum atomic E-state index is 5.00. The zero-order valence-electron chi connectivity index (χ0n) is 8.86. The minimum atomic E-state index is 0.586. The Balaban J connectivity index is 1.71. The van der Waals surface area contributed by atoms with Gasteiger partial charge >= 0.3 is 0 Å². The maximum Gasteiger partial charge on any atom is 0.218 e. The van der Waals surface area contributed by atoms with E-state index in [9.17, 15) is 0 Å². The molecule has 5 nitrogen and oxygen atoms in total. The van der Waals surface area contributed by atoms with E-state index in [0.29, 0.717) is 5.88 Å². The number of anilines is 1. The average molecular weight is 208 g/mol. The number of hydrogen-bond donors (Lipinski definition) is 2. The van der Waals surface area contributed by atoms with E-state index >= 15 is 0 Å². The van der Waals surface area contributed by atoms with Crippen molar-refractivity contribution in [1.29, 1.82) is 0 Å². The van der Waals surface area contributed by atoms with E-state index in [1.165, 1.54) is 19.2 Å². The minimum Gasteiger partial charge on any atom is -0.481 e. The number of methoxy groups -OCH3 is 1. The van der Waals surface area contributed by atoms with Gasteiger partial charge in [-0.3, -0.25) is 0 Å². The molecule has 1 aromatic heterocycles. The first-order chi connectivity index (χ1) is 7.38. The fourth-order valence-electron chi connectivity index (χ4n) is 1.30. The number of rotatable bonds is 6. The highest BCUT2D eigenvalue weighted by Crippen LogP contribution is 2.18. The molecule has 82 valence electrons. The van der Waals surface area contributed by atoms with Gasteiger partial charge in [-0.15, -0.1) is 0 Å². The molecule has 5 heteroatoms. The Bertz CT molecular complexity index is 314. The highest BCUT2D eigenvalue weighted by atomic mass is 16.5. The summed E-state index contributed by atoms with van der Waals surface area (Å²) < 4.78 is 5.00. The summed E-state index contributed by atoms with van der Waals surface area (Å²) in [5.74, 6) is 1.39. The van der Waals surface area contributed by atoms with Gasteiger partial charge in [-0.05, 0) is 12.8 Å². The Morgan fingerprint density at radius 1 is 1.40 bits per heavy atom. The third kappa shape index (κ3) is 3.36. The normalized spacial score (nSPS) is 15.0. The third-order valence-electron chi connectivity index (χ3n) is 2.29. The van der Waals surface area contributed by atoms with Crippen molar-refractivity contribution in [2.24, 2.45) is 0 Å². The van der Waals surface area contributed by atoms with Gasteiger partial charge in [0.1, 0.15) is 12.1 Å². The molecule has 1 heterocycles. The van der Waals surface area contributed by atoms with Crippen LogP contribution in [0.15, 0.2) is 12.4 Å². The SMILES string of the molecule is COc1cc(NCCNC2CC2)ncn1. The topological polar surface area (TPSA) is 59.1 Å². The van der Waals surface area contributed by atoms with Crippen molar-refractivity contribution in [3.05, 3.63) is 12.4 Å². The van der Waals surface area contributed by atoms with E-state index in [2.05, 4.69) is 20.6 Å². The molecule has 15 heavy (non-hydrogen) atoms. The molecule has 0 amide bonds. The van der Waals surface area contributed by atoms with Gasteiger partial charge in [-0.25, -0.2) is 9.97 Å². The molecule has 1 saturated carbocycles. The van der Waals surface area contributed by atoms with Gasteiger partial charge in [0, 0.05) is 25.2 Å². The number of nitrogens with zero attached hydrogens (tertiary/aromatic N) is 2. The number of ether oxygens (including phenoxy) is 1. The molecule has 0 aromatic carbocycles. The van der Waals surface area contributed by atoms with Gasteiger partial charge in [-0.2, -0.15) is 0 Å². The van der Waals surface area contributed by atoms with E-state index in [1.54, 1.807) is 13.2 Å². The highest BCUT2D eigenvalue weighted by Gasteiger charge is 2.19. The standard InChI is InChI=1S/C10H16N4O/c1-15-10-6-9(13-7-14-10)12-5-4-11-8-2-3-8/h6-8,11H,2-5H2,1H3,(H,12,13,14). The lowest BCUT2D eigenvalue weighted by atomic mass is 10.5. The Kier molecular flexibility index (Phi) is 3.34. The van der Waals surface area contributed by atoms with Crippen LogP contribution in [0.2, 0.25) is 0 Å². The van der Waals surface area contributed by atoms with Gasteiger partial charge in [0.25, 0.3) is 0 Å². The summed E-state index contributed by atoms with van der Waals surface area (Å²) in [5.41, 5.74) is 0. The first kappa shape index (κ1) is 10.2. The fourth-order valence-corrected chi connectivity index (χ4v) is 1.30. The zero-order chi connectivity index (χ0) is 10.5. The monoisotopic (exact) mass is 208 g/mol. The molecule has 1 aliphatic rings. The van der Waals surface area contributed by atoms with Crippen LogP contribution in [0, 0.1) is 0 Å². The molecule has 1 aromatic rings. The van der Waals surface area contributed by atoms with Gasteiger partial charge in [0.2, 0.25) is 5.88 Å². The van der Waals surface area contributed by atoms with Crippen LogP contribution in [0.5, 0.6) is 5.88 Å². The van der Waals surface area contributed by atoms with Crippen molar-refractivity contribution >= 4 is 5.82 Å². The fraction of sp³-hybridized carbons (Fsp3) is 0.600. The average Bonchev–Trinajstić information content (AvgIpc) is 3.09. The minimum absolute atomic E-state index is 0.586. The van der Waals surface area contributed by atoms with Crippen molar-refractivity contribution in [1.82, 2.24) is 15.3 Å². The summed E-state index contributed by atoms with van der Waals surface area (Å²) in [5, 5.41) is 6.63. The molecule has 0 saturated heterocycles. The van der Waals surface area contributed by atoms with Gasteiger partial charge in [0.05, 0.1) is 7.11 Å². The molecular weight excluding hydrogens is 192 g/mol. The Morgan fingerprint density at radius 3 is 3.00 bits per heavy atom. The molecule has 0 atom stereocenters. The van der Waals surface area contributed by atoms with Crippen LogP contribution >= 0.6 is 0 Å². The molecule has 0 aliphatic heterocycles. The van der Waals surface area contributed by atoms with Crippen LogP contribution in [-0.2, 0) is 0 Å². The van der Waals surface area contributed by atoms with Gasteiger partial charge in [-0.1, -0.05) is 0 Å². The summed E-state index contributed by atoms with van der Waals surface area (Å²) in [6, 6.07) is 2.55. The van der Waals surface area contributed by atoms with E-state index in [4.69, 9.17) is 4.74 Å². The Hall–Kier alpha value is -1.36. The first-order valence-corrected chi connectivity index (χ1v) is 5.22. The zero-order valence-corrected chi connectivity index (χ0v) is 8.86. The van der Waals surface area contributed by atoms with E-state index in [0.717, 1.165) is 24.9 Å². The van der Waals surface area contributed by atoms with Crippen LogP contribution in [0.25, 0.3) is 0 Å². The number of hydrogen-bond acceptors (Lipinski definition) is 5. The Morgan fingerprint density at radius 2 is 2.27 bits per heavy atom. The molecule has 0 bridgehead atoms. The molecule has 1 aliphatic carbocycles.